The highest BCUT2D eigenvalue weighted by Crippen LogP contribution is 2.42. The van der Waals surface area contributed by atoms with Crippen molar-refractivity contribution in [1.82, 2.24) is 29.5 Å². The fourth-order valence-electron chi connectivity index (χ4n) is 4.42. The number of nitrogens with zero attached hydrogens (tertiary/aromatic N) is 6. The van der Waals surface area contributed by atoms with Crippen LogP contribution in [0.3, 0.4) is 0 Å². The molecule has 1 amide bonds. The van der Waals surface area contributed by atoms with Gasteiger partial charge in [0.15, 0.2) is 5.67 Å². The molecule has 1 aliphatic heterocycles. The van der Waals surface area contributed by atoms with Gasteiger partial charge < -0.3 is 4.90 Å². The molecular weight excluding hydrogens is 421 g/mol. The Kier molecular flexibility index (Phi) is 4.90. The summed E-state index contributed by atoms with van der Waals surface area (Å²) < 4.78 is 44.6. The molecule has 0 spiro atoms. The minimum absolute atomic E-state index is 0.0649. The van der Waals surface area contributed by atoms with Gasteiger partial charge >= 0.3 is 0 Å². The third-order valence-corrected chi connectivity index (χ3v) is 6.46. The van der Waals surface area contributed by atoms with E-state index in [0.29, 0.717) is 24.4 Å². The number of amides is 1. The molecule has 5 rings (SSSR count). The Hall–Kier alpha value is -3.04. The number of hydrogen-bond acceptors (Lipinski definition) is 5. The molecule has 4 heterocycles. The smallest absolute Gasteiger partial charge is 0.280 e. The molecular formula is C22H23F3N6O. The number of carbonyl (C=O) groups is 1. The van der Waals surface area contributed by atoms with Gasteiger partial charge in [0.1, 0.15) is 12.0 Å². The minimum Gasteiger partial charge on any atom is -0.335 e. The van der Waals surface area contributed by atoms with Crippen LogP contribution in [0, 0.1) is 12.8 Å². The zero-order chi connectivity index (χ0) is 22.6. The maximum absolute atomic E-state index is 16.6. The summed E-state index contributed by atoms with van der Waals surface area (Å²) in [6, 6.07) is 4.55. The zero-order valence-corrected chi connectivity index (χ0v) is 17.8. The number of carbonyl (C=O) groups excluding carboxylic acids is 1. The van der Waals surface area contributed by atoms with Gasteiger partial charge in [-0.3, -0.25) is 9.78 Å². The monoisotopic (exact) mass is 444 g/mol. The van der Waals surface area contributed by atoms with E-state index in [1.807, 2.05) is 6.92 Å². The molecule has 1 saturated heterocycles. The Morgan fingerprint density at radius 2 is 1.97 bits per heavy atom. The van der Waals surface area contributed by atoms with Crippen LogP contribution in [0.2, 0.25) is 0 Å². The first-order chi connectivity index (χ1) is 15.3. The lowest BCUT2D eigenvalue weighted by atomic mass is 9.81. The lowest BCUT2D eigenvalue weighted by Gasteiger charge is -2.42. The van der Waals surface area contributed by atoms with E-state index < -0.39 is 23.7 Å². The molecule has 2 fully saturated rings. The Labute approximate surface area is 182 Å². The second kappa shape index (κ2) is 7.53. The lowest BCUT2D eigenvalue weighted by Crippen LogP contribution is -2.51. The number of rotatable bonds is 4. The van der Waals surface area contributed by atoms with Gasteiger partial charge in [-0.1, -0.05) is 6.92 Å². The Balaban J connectivity index is 1.52. The van der Waals surface area contributed by atoms with E-state index in [2.05, 4.69) is 20.1 Å². The van der Waals surface area contributed by atoms with E-state index in [1.54, 1.807) is 19.1 Å². The summed E-state index contributed by atoms with van der Waals surface area (Å²) in [5.74, 6) is -0.519. The molecule has 3 aromatic heterocycles. The van der Waals surface area contributed by atoms with Crippen molar-refractivity contribution in [1.29, 1.82) is 0 Å². The summed E-state index contributed by atoms with van der Waals surface area (Å²) in [5, 5.41) is 4.00. The van der Waals surface area contributed by atoms with Crippen LogP contribution in [-0.2, 0) is 5.67 Å². The highest BCUT2D eigenvalue weighted by atomic mass is 19.3. The van der Waals surface area contributed by atoms with E-state index in [-0.39, 0.29) is 23.9 Å². The second-order valence-corrected chi connectivity index (χ2v) is 8.81. The van der Waals surface area contributed by atoms with Gasteiger partial charge in [-0.15, -0.1) is 0 Å². The van der Waals surface area contributed by atoms with Crippen molar-refractivity contribution in [2.75, 3.05) is 13.1 Å². The molecule has 10 heteroatoms. The molecule has 3 aromatic rings. The van der Waals surface area contributed by atoms with Crippen LogP contribution < -0.4 is 0 Å². The summed E-state index contributed by atoms with van der Waals surface area (Å²) in [6.45, 7) is 3.66. The Bertz CT molecular complexity index is 1190. The summed E-state index contributed by atoms with van der Waals surface area (Å²) in [4.78, 5) is 27.0. The van der Waals surface area contributed by atoms with Crippen molar-refractivity contribution in [2.24, 2.45) is 5.92 Å². The SMILES string of the molecule is Cc1cc(C(=O)N2CC[C@H](C)[C@@](F)(c3cc(C(F)F)nc4ncnn34)C2)cc(C2CC2)n1. The van der Waals surface area contributed by atoms with Crippen LogP contribution in [0.1, 0.15) is 71.7 Å². The van der Waals surface area contributed by atoms with Gasteiger partial charge in [0, 0.05) is 29.4 Å². The summed E-state index contributed by atoms with van der Waals surface area (Å²) in [7, 11) is 0. The highest BCUT2D eigenvalue weighted by Gasteiger charge is 2.47. The van der Waals surface area contributed by atoms with Crippen LogP contribution in [-0.4, -0.2) is 48.5 Å². The van der Waals surface area contributed by atoms with E-state index in [0.717, 1.165) is 41.1 Å². The number of hydrogen-bond donors (Lipinski definition) is 0. The van der Waals surface area contributed by atoms with Crippen LogP contribution in [0.25, 0.3) is 5.78 Å². The molecule has 0 bridgehead atoms. The van der Waals surface area contributed by atoms with Crippen molar-refractivity contribution in [3.63, 3.8) is 0 Å². The minimum atomic E-state index is -2.88. The molecule has 0 N–H and O–H groups in total. The molecule has 0 unspecified atom stereocenters. The topological polar surface area (TPSA) is 76.3 Å². The van der Waals surface area contributed by atoms with E-state index in [1.165, 1.54) is 4.90 Å². The molecule has 0 radical (unpaired) electrons. The largest absolute Gasteiger partial charge is 0.335 e. The van der Waals surface area contributed by atoms with Gasteiger partial charge in [-0.25, -0.2) is 18.2 Å². The summed E-state index contributed by atoms with van der Waals surface area (Å²) >= 11 is 0. The molecule has 32 heavy (non-hydrogen) atoms. The summed E-state index contributed by atoms with van der Waals surface area (Å²) in [6.07, 6.45) is 0.767. The number of aromatic nitrogens is 5. The predicted octanol–water partition coefficient (Wildman–Crippen LogP) is 3.99. The van der Waals surface area contributed by atoms with E-state index in [4.69, 9.17) is 0 Å². The van der Waals surface area contributed by atoms with Gasteiger partial charge in [0.2, 0.25) is 0 Å². The first-order valence-corrected chi connectivity index (χ1v) is 10.7. The lowest BCUT2D eigenvalue weighted by molar-refractivity contribution is -0.00578. The van der Waals surface area contributed by atoms with E-state index >= 15 is 4.39 Å². The number of halogens is 3. The highest BCUT2D eigenvalue weighted by molar-refractivity contribution is 5.94. The maximum atomic E-state index is 16.6. The molecule has 7 nitrogen and oxygen atoms in total. The number of pyridine rings is 1. The normalized spacial score (nSPS) is 23.8. The van der Waals surface area contributed by atoms with E-state index in [9.17, 15) is 13.6 Å². The Morgan fingerprint density at radius 1 is 1.19 bits per heavy atom. The first-order valence-electron chi connectivity index (χ1n) is 10.7. The van der Waals surface area contributed by atoms with Gasteiger partial charge in [0.25, 0.3) is 18.1 Å². The molecule has 2 aliphatic rings. The quantitative estimate of drug-likeness (QED) is 0.608. The second-order valence-electron chi connectivity index (χ2n) is 8.81. The average Bonchev–Trinajstić information content (AvgIpc) is 3.51. The zero-order valence-electron chi connectivity index (χ0n) is 17.8. The maximum Gasteiger partial charge on any atom is 0.280 e. The van der Waals surface area contributed by atoms with Crippen LogP contribution in [0.4, 0.5) is 13.2 Å². The average molecular weight is 444 g/mol. The third-order valence-electron chi connectivity index (χ3n) is 6.46. The molecule has 2 atom stereocenters. The van der Waals surface area contributed by atoms with Crippen molar-refractivity contribution in [2.45, 2.75) is 51.1 Å². The van der Waals surface area contributed by atoms with Crippen LogP contribution >= 0.6 is 0 Å². The Morgan fingerprint density at radius 3 is 2.69 bits per heavy atom. The van der Waals surface area contributed by atoms with Crippen molar-refractivity contribution in [3.05, 3.63) is 52.9 Å². The number of fused-ring (bicyclic) bond motifs is 1. The van der Waals surface area contributed by atoms with Crippen LogP contribution in [0.5, 0.6) is 0 Å². The van der Waals surface area contributed by atoms with Gasteiger partial charge in [0.05, 0.1) is 12.2 Å². The fraction of sp³-hybridized carbons (Fsp3) is 0.500. The van der Waals surface area contributed by atoms with Gasteiger partial charge in [-0.2, -0.15) is 14.6 Å². The van der Waals surface area contributed by atoms with Crippen LogP contribution in [0.15, 0.2) is 24.5 Å². The fourth-order valence-corrected chi connectivity index (χ4v) is 4.42. The third kappa shape index (κ3) is 3.51. The number of piperidine rings is 1. The number of aryl methyl sites for hydroxylation is 1. The number of alkyl halides is 3. The molecule has 0 aromatic carbocycles. The predicted molar refractivity (Wildman–Crippen MR) is 109 cm³/mol. The van der Waals surface area contributed by atoms with Crippen molar-refractivity contribution < 1.29 is 18.0 Å². The van der Waals surface area contributed by atoms with Crippen molar-refractivity contribution in [3.8, 4) is 0 Å². The summed E-state index contributed by atoms with van der Waals surface area (Å²) in [5.41, 5.74) is -0.601. The molecule has 1 aliphatic carbocycles. The first kappa shape index (κ1) is 20.8. The molecule has 168 valence electrons. The molecule has 1 saturated carbocycles. The van der Waals surface area contributed by atoms with Crippen molar-refractivity contribution >= 4 is 11.7 Å². The standard InChI is InChI=1S/C22H23F3N6O/c1-12-5-6-30(20(32)15-7-13(2)28-16(8-15)14-3-4-14)10-22(12,25)18-9-17(19(23)24)29-21-26-11-27-31(18)21/h7-9,11-12,14,19H,3-6,10H2,1-2H3/t12-,22+/m0/s1. The van der Waals surface area contributed by atoms with Gasteiger partial charge in [-0.05, 0) is 50.3 Å². The number of likely N-dealkylation sites (tertiary alicyclic amines) is 1.